The molecule has 100 valence electrons. The zero-order chi connectivity index (χ0) is 12.8. The average molecular weight is 250 g/mol. The second kappa shape index (κ2) is 6.86. The van der Waals surface area contributed by atoms with Crippen LogP contribution in [0, 0.1) is 5.82 Å². The van der Waals surface area contributed by atoms with E-state index in [1.807, 2.05) is 6.07 Å². The molecule has 1 atom stereocenters. The quantitative estimate of drug-likeness (QED) is 0.781. The molecule has 0 aromatic heterocycles. The highest BCUT2D eigenvalue weighted by Crippen LogP contribution is 2.19. The van der Waals surface area contributed by atoms with Crippen molar-refractivity contribution in [2.75, 3.05) is 19.6 Å². The summed E-state index contributed by atoms with van der Waals surface area (Å²) in [5.74, 6) is -0.132. The number of halogens is 1. The van der Waals surface area contributed by atoms with Crippen LogP contribution in [0.15, 0.2) is 24.3 Å². The minimum Gasteiger partial charge on any atom is -0.315 e. The molecule has 0 amide bonds. The molecule has 1 aliphatic rings. The minimum atomic E-state index is -0.132. The van der Waals surface area contributed by atoms with E-state index in [0.717, 1.165) is 31.7 Å². The first kappa shape index (κ1) is 13.5. The van der Waals surface area contributed by atoms with E-state index in [1.165, 1.54) is 25.3 Å². The fourth-order valence-corrected chi connectivity index (χ4v) is 2.65. The number of hydrogen-bond acceptors (Lipinski definition) is 2. The monoisotopic (exact) mass is 250 g/mol. The molecule has 1 aromatic carbocycles. The van der Waals surface area contributed by atoms with Crippen LogP contribution in [0.2, 0.25) is 0 Å². The van der Waals surface area contributed by atoms with Crippen molar-refractivity contribution in [1.82, 2.24) is 10.2 Å². The highest BCUT2D eigenvalue weighted by Gasteiger charge is 2.23. The molecule has 1 aromatic rings. The first-order valence-electron chi connectivity index (χ1n) is 6.99. The summed E-state index contributed by atoms with van der Waals surface area (Å²) in [5.41, 5.74) is 1.08. The second-order valence-electron chi connectivity index (χ2n) is 5.10. The van der Waals surface area contributed by atoms with Crippen molar-refractivity contribution >= 4 is 0 Å². The van der Waals surface area contributed by atoms with Gasteiger partial charge in [0.05, 0.1) is 0 Å². The van der Waals surface area contributed by atoms with Gasteiger partial charge in [-0.3, -0.25) is 4.90 Å². The van der Waals surface area contributed by atoms with Gasteiger partial charge in [-0.15, -0.1) is 0 Å². The number of hydrogen-bond donors (Lipinski definition) is 1. The van der Waals surface area contributed by atoms with Crippen LogP contribution in [0.4, 0.5) is 4.39 Å². The molecule has 2 nitrogen and oxygen atoms in total. The summed E-state index contributed by atoms with van der Waals surface area (Å²) in [7, 11) is 0. The predicted octanol–water partition coefficient (Wildman–Crippen LogP) is 2.79. The van der Waals surface area contributed by atoms with Crippen molar-refractivity contribution in [3.8, 4) is 0 Å². The average Bonchev–Trinajstić information content (AvgIpc) is 2.77. The molecule has 1 N–H and O–H groups in total. The Balaban J connectivity index is 1.87. The number of benzene rings is 1. The molecule has 0 saturated carbocycles. The SMILES string of the molecule is CCCNCC1CCCN1Cc1cccc(F)c1. The zero-order valence-electron chi connectivity index (χ0n) is 11.2. The molecule has 18 heavy (non-hydrogen) atoms. The summed E-state index contributed by atoms with van der Waals surface area (Å²) in [4.78, 5) is 2.47. The van der Waals surface area contributed by atoms with E-state index >= 15 is 0 Å². The van der Waals surface area contributed by atoms with Gasteiger partial charge in [0, 0.05) is 19.1 Å². The second-order valence-corrected chi connectivity index (χ2v) is 5.10. The standard InChI is InChI=1S/C15H23FN2/c1-2-8-17-11-15-7-4-9-18(15)12-13-5-3-6-14(16)10-13/h3,5-6,10,15,17H,2,4,7-9,11-12H2,1H3. The fraction of sp³-hybridized carbons (Fsp3) is 0.600. The topological polar surface area (TPSA) is 15.3 Å². The van der Waals surface area contributed by atoms with Crippen molar-refractivity contribution in [2.24, 2.45) is 0 Å². The lowest BCUT2D eigenvalue weighted by Crippen LogP contribution is -2.37. The first-order chi connectivity index (χ1) is 8.79. The van der Waals surface area contributed by atoms with Gasteiger partial charge in [0.15, 0.2) is 0 Å². The van der Waals surface area contributed by atoms with Gasteiger partial charge in [0.25, 0.3) is 0 Å². The maximum absolute atomic E-state index is 13.2. The van der Waals surface area contributed by atoms with Crippen LogP contribution in [0.1, 0.15) is 31.7 Å². The van der Waals surface area contributed by atoms with Crippen molar-refractivity contribution in [3.05, 3.63) is 35.6 Å². The largest absolute Gasteiger partial charge is 0.315 e. The molecule has 2 rings (SSSR count). The molecule has 0 bridgehead atoms. The van der Waals surface area contributed by atoms with Crippen molar-refractivity contribution < 1.29 is 4.39 Å². The molecule has 1 saturated heterocycles. The Labute approximate surface area is 109 Å². The molecule has 0 radical (unpaired) electrons. The van der Waals surface area contributed by atoms with E-state index in [0.29, 0.717) is 6.04 Å². The molecule has 3 heteroatoms. The minimum absolute atomic E-state index is 0.132. The fourth-order valence-electron chi connectivity index (χ4n) is 2.65. The maximum atomic E-state index is 13.2. The van der Waals surface area contributed by atoms with Crippen molar-refractivity contribution in [1.29, 1.82) is 0 Å². The number of rotatable bonds is 6. The Bertz CT molecular complexity index is 367. The molecular weight excluding hydrogens is 227 g/mol. The Morgan fingerprint density at radius 1 is 1.44 bits per heavy atom. The summed E-state index contributed by atoms with van der Waals surface area (Å²) < 4.78 is 13.2. The van der Waals surface area contributed by atoms with Gasteiger partial charge in [0.1, 0.15) is 5.82 Å². The van der Waals surface area contributed by atoms with E-state index in [9.17, 15) is 4.39 Å². The van der Waals surface area contributed by atoms with Crippen LogP contribution < -0.4 is 5.32 Å². The lowest BCUT2D eigenvalue weighted by molar-refractivity contribution is 0.239. The van der Waals surface area contributed by atoms with Crippen LogP contribution in [0.25, 0.3) is 0 Å². The van der Waals surface area contributed by atoms with Crippen molar-refractivity contribution in [3.63, 3.8) is 0 Å². The van der Waals surface area contributed by atoms with Crippen LogP contribution >= 0.6 is 0 Å². The smallest absolute Gasteiger partial charge is 0.123 e. The van der Waals surface area contributed by atoms with Crippen LogP contribution in [0.3, 0.4) is 0 Å². The Kier molecular flexibility index (Phi) is 5.14. The molecular formula is C15H23FN2. The van der Waals surface area contributed by atoms with Crippen molar-refractivity contribution in [2.45, 2.75) is 38.8 Å². The zero-order valence-corrected chi connectivity index (χ0v) is 11.2. The molecule has 1 aliphatic heterocycles. The summed E-state index contributed by atoms with van der Waals surface area (Å²) in [6.45, 7) is 6.34. The third-order valence-corrected chi connectivity index (χ3v) is 3.58. The van der Waals surface area contributed by atoms with E-state index in [1.54, 1.807) is 12.1 Å². The van der Waals surface area contributed by atoms with Gasteiger partial charge < -0.3 is 5.32 Å². The van der Waals surface area contributed by atoms with E-state index in [-0.39, 0.29) is 5.82 Å². The highest BCUT2D eigenvalue weighted by atomic mass is 19.1. The number of likely N-dealkylation sites (tertiary alicyclic amines) is 1. The van der Waals surface area contributed by atoms with Crippen LogP contribution in [0.5, 0.6) is 0 Å². The molecule has 1 heterocycles. The van der Waals surface area contributed by atoms with Gasteiger partial charge in [-0.05, 0) is 50.0 Å². The van der Waals surface area contributed by atoms with E-state index in [2.05, 4.69) is 17.1 Å². The Morgan fingerprint density at radius 3 is 3.11 bits per heavy atom. The van der Waals surface area contributed by atoms with Crippen LogP contribution in [-0.2, 0) is 6.54 Å². The summed E-state index contributed by atoms with van der Waals surface area (Å²) in [5, 5.41) is 3.49. The number of nitrogens with one attached hydrogen (secondary N) is 1. The maximum Gasteiger partial charge on any atom is 0.123 e. The summed E-state index contributed by atoms with van der Waals surface area (Å²) >= 11 is 0. The molecule has 0 spiro atoms. The first-order valence-corrected chi connectivity index (χ1v) is 6.99. The predicted molar refractivity (Wildman–Crippen MR) is 73.0 cm³/mol. The lowest BCUT2D eigenvalue weighted by Gasteiger charge is -2.24. The van der Waals surface area contributed by atoms with Gasteiger partial charge >= 0.3 is 0 Å². The third kappa shape index (κ3) is 3.79. The third-order valence-electron chi connectivity index (χ3n) is 3.58. The van der Waals surface area contributed by atoms with Gasteiger partial charge in [0.2, 0.25) is 0 Å². The van der Waals surface area contributed by atoms with Gasteiger partial charge in [-0.1, -0.05) is 19.1 Å². The highest BCUT2D eigenvalue weighted by molar-refractivity contribution is 5.16. The van der Waals surface area contributed by atoms with Gasteiger partial charge in [-0.2, -0.15) is 0 Å². The lowest BCUT2D eigenvalue weighted by atomic mass is 10.1. The molecule has 0 aliphatic carbocycles. The van der Waals surface area contributed by atoms with Gasteiger partial charge in [-0.25, -0.2) is 4.39 Å². The Hall–Kier alpha value is -0.930. The van der Waals surface area contributed by atoms with Crippen LogP contribution in [-0.4, -0.2) is 30.6 Å². The van der Waals surface area contributed by atoms with E-state index < -0.39 is 0 Å². The molecule has 1 fully saturated rings. The summed E-state index contributed by atoms with van der Waals surface area (Å²) in [6, 6.07) is 7.57. The normalized spacial score (nSPS) is 20.4. The summed E-state index contributed by atoms with van der Waals surface area (Å²) in [6.07, 6.45) is 3.69. The molecule has 1 unspecified atom stereocenters. The number of nitrogens with zero attached hydrogens (tertiary/aromatic N) is 1. The van der Waals surface area contributed by atoms with E-state index in [4.69, 9.17) is 0 Å². The Morgan fingerprint density at radius 2 is 2.33 bits per heavy atom.